The van der Waals surface area contributed by atoms with Gasteiger partial charge in [-0.25, -0.2) is 0 Å². The van der Waals surface area contributed by atoms with Gasteiger partial charge in [0.2, 0.25) is 5.91 Å². The standard InChI is InChI=1S/C26H28N4O4S/c31-24(29-12-10-27(11-13-29)21-4-2-1-3-5-21)19-30-25(32)23(35-26(30)33)18-20-6-8-22(9-7-20)28-14-16-34-17-15-28/h1-9,18H,10-17,19H2/b23-18-. The third-order valence-electron chi connectivity index (χ3n) is 6.49. The number of hydrogen-bond donors (Lipinski definition) is 0. The zero-order valence-corrected chi connectivity index (χ0v) is 20.3. The van der Waals surface area contributed by atoms with Gasteiger partial charge in [0, 0.05) is 50.6 Å². The van der Waals surface area contributed by atoms with Gasteiger partial charge in [-0.15, -0.1) is 0 Å². The Morgan fingerprint density at radius 2 is 1.46 bits per heavy atom. The molecule has 0 bridgehead atoms. The van der Waals surface area contributed by atoms with Crippen LogP contribution in [-0.2, 0) is 14.3 Å². The largest absolute Gasteiger partial charge is 0.378 e. The van der Waals surface area contributed by atoms with Gasteiger partial charge in [-0.2, -0.15) is 0 Å². The quantitative estimate of drug-likeness (QED) is 0.595. The second-order valence-corrected chi connectivity index (χ2v) is 9.66. The third-order valence-corrected chi connectivity index (χ3v) is 7.40. The molecule has 3 fully saturated rings. The first-order valence-corrected chi connectivity index (χ1v) is 12.7. The summed E-state index contributed by atoms with van der Waals surface area (Å²) in [5.41, 5.74) is 3.08. The zero-order chi connectivity index (χ0) is 24.2. The first-order valence-electron chi connectivity index (χ1n) is 11.8. The topological polar surface area (TPSA) is 73.4 Å². The minimum absolute atomic E-state index is 0.198. The van der Waals surface area contributed by atoms with Crippen molar-refractivity contribution in [2.75, 3.05) is 68.8 Å². The molecular formula is C26H28N4O4S. The Morgan fingerprint density at radius 1 is 0.829 bits per heavy atom. The predicted octanol–water partition coefficient (Wildman–Crippen LogP) is 2.91. The number of para-hydroxylation sites is 1. The average Bonchev–Trinajstić information content (AvgIpc) is 3.17. The summed E-state index contributed by atoms with van der Waals surface area (Å²) < 4.78 is 5.40. The first-order chi connectivity index (χ1) is 17.1. The van der Waals surface area contributed by atoms with Crippen molar-refractivity contribution in [2.45, 2.75) is 0 Å². The number of amides is 3. The van der Waals surface area contributed by atoms with Crippen molar-refractivity contribution >= 4 is 46.3 Å². The minimum Gasteiger partial charge on any atom is -0.378 e. The van der Waals surface area contributed by atoms with E-state index < -0.39 is 11.1 Å². The molecule has 3 heterocycles. The Kier molecular flexibility index (Phi) is 7.06. The Bertz CT molecular complexity index is 1110. The highest BCUT2D eigenvalue weighted by molar-refractivity contribution is 8.18. The molecule has 9 heteroatoms. The summed E-state index contributed by atoms with van der Waals surface area (Å²) in [5.74, 6) is -0.607. The van der Waals surface area contributed by atoms with Crippen LogP contribution < -0.4 is 9.80 Å². The van der Waals surface area contributed by atoms with Gasteiger partial charge in [0.05, 0.1) is 18.1 Å². The van der Waals surface area contributed by atoms with Crippen molar-refractivity contribution in [3.05, 3.63) is 65.1 Å². The minimum atomic E-state index is -0.409. The maximum atomic E-state index is 12.9. The first kappa shape index (κ1) is 23.4. The monoisotopic (exact) mass is 492 g/mol. The second kappa shape index (κ2) is 10.5. The molecule has 0 aliphatic carbocycles. The normalized spacial score (nSPS) is 20.2. The van der Waals surface area contributed by atoms with E-state index in [1.54, 1.807) is 11.0 Å². The summed E-state index contributed by atoms with van der Waals surface area (Å²) in [5, 5.41) is -0.401. The molecule has 2 aromatic carbocycles. The van der Waals surface area contributed by atoms with E-state index in [9.17, 15) is 14.4 Å². The number of carbonyl (C=O) groups is 3. The molecule has 0 aromatic heterocycles. The summed E-state index contributed by atoms with van der Waals surface area (Å²) in [7, 11) is 0. The summed E-state index contributed by atoms with van der Waals surface area (Å²) in [4.78, 5) is 45.9. The Hall–Kier alpha value is -3.30. The van der Waals surface area contributed by atoms with E-state index in [1.807, 2.05) is 42.5 Å². The van der Waals surface area contributed by atoms with Crippen molar-refractivity contribution in [2.24, 2.45) is 0 Å². The van der Waals surface area contributed by atoms with Gasteiger partial charge in [-0.3, -0.25) is 19.3 Å². The van der Waals surface area contributed by atoms with Gasteiger partial charge in [0.15, 0.2) is 0 Å². The van der Waals surface area contributed by atoms with Crippen molar-refractivity contribution < 1.29 is 19.1 Å². The highest BCUT2D eigenvalue weighted by Crippen LogP contribution is 2.32. The number of carbonyl (C=O) groups excluding carboxylic acids is 3. The molecule has 3 amide bonds. The fraction of sp³-hybridized carbons (Fsp3) is 0.346. The number of anilines is 2. The molecule has 182 valence electrons. The van der Waals surface area contributed by atoms with Crippen LogP contribution in [0.2, 0.25) is 0 Å². The lowest BCUT2D eigenvalue weighted by Gasteiger charge is -2.36. The fourth-order valence-corrected chi connectivity index (χ4v) is 5.32. The van der Waals surface area contributed by atoms with Gasteiger partial charge in [0.1, 0.15) is 6.54 Å². The highest BCUT2D eigenvalue weighted by Gasteiger charge is 2.37. The maximum absolute atomic E-state index is 12.9. The number of thioether (sulfide) groups is 1. The number of nitrogens with zero attached hydrogens (tertiary/aromatic N) is 4. The van der Waals surface area contributed by atoms with Crippen LogP contribution in [-0.4, -0.2) is 85.9 Å². The molecule has 0 unspecified atom stereocenters. The molecular weight excluding hydrogens is 464 g/mol. The van der Waals surface area contributed by atoms with Gasteiger partial charge < -0.3 is 19.4 Å². The molecule has 2 aromatic rings. The summed E-state index contributed by atoms with van der Waals surface area (Å²) in [6.45, 7) is 5.50. The van der Waals surface area contributed by atoms with Gasteiger partial charge in [0.25, 0.3) is 11.1 Å². The summed E-state index contributed by atoms with van der Waals surface area (Å²) in [6.07, 6.45) is 1.72. The van der Waals surface area contributed by atoms with Crippen molar-refractivity contribution in [3.8, 4) is 0 Å². The molecule has 0 N–H and O–H groups in total. The van der Waals surface area contributed by atoms with Gasteiger partial charge in [-0.05, 0) is 47.7 Å². The molecule has 0 atom stereocenters. The van der Waals surface area contributed by atoms with Crippen LogP contribution in [0.3, 0.4) is 0 Å². The number of benzene rings is 2. The number of imide groups is 1. The third kappa shape index (κ3) is 5.36. The smallest absolute Gasteiger partial charge is 0.294 e. The molecule has 3 aliphatic rings. The molecule has 3 aliphatic heterocycles. The Labute approximate surface area is 209 Å². The molecule has 0 spiro atoms. The van der Waals surface area contributed by atoms with Crippen LogP contribution in [0.1, 0.15) is 5.56 Å². The number of piperazine rings is 1. The summed E-state index contributed by atoms with van der Waals surface area (Å²) >= 11 is 0.888. The van der Waals surface area contributed by atoms with Gasteiger partial charge in [-0.1, -0.05) is 30.3 Å². The van der Waals surface area contributed by atoms with E-state index in [0.29, 0.717) is 18.0 Å². The predicted molar refractivity (Wildman–Crippen MR) is 137 cm³/mol. The zero-order valence-electron chi connectivity index (χ0n) is 19.5. The van der Waals surface area contributed by atoms with Crippen LogP contribution in [0, 0.1) is 0 Å². The van der Waals surface area contributed by atoms with Crippen LogP contribution in [0.15, 0.2) is 59.5 Å². The number of rotatable bonds is 5. The molecule has 3 saturated heterocycles. The molecule has 0 saturated carbocycles. The van der Waals surface area contributed by atoms with E-state index in [2.05, 4.69) is 21.9 Å². The number of morpholine rings is 1. The maximum Gasteiger partial charge on any atom is 0.294 e. The molecule has 0 radical (unpaired) electrons. The molecule has 5 rings (SSSR count). The fourth-order valence-electron chi connectivity index (χ4n) is 4.48. The summed E-state index contributed by atoms with van der Waals surface area (Å²) in [6, 6.07) is 18.0. The SMILES string of the molecule is O=C(CN1C(=O)S/C(=C\c2ccc(N3CCOCC3)cc2)C1=O)N1CCN(c2ccccc2)CC1. The lowest BCUT2D eigenvalue weighted by Crippen LogP contribution is -2.51. The lowest BCUT2D eigenvalue weighted by atomic mass is 10.1. The number of ether oxygens (including phenoxy) is 1. The molecule has 8 nitrogen and oxygen atoms in total. The van der Waals surface area contributed by atoms with Gasteiger partial charge >= 0.3 is 0 Å². The van der Waals surface area contributed by atoms with E-state index >= 15 is 0 Å². The number of hydrogen-bond acceptors (Lipinski definition) is 7. The highest BCUT2D eigenvalue weighted by atomic mass is 32.2. The lowest BCUT2D eigenvalue weighted by molar-refractivity contribution is -0.136. The van der Waals surface area contributed by atoms with E-state index in [-0.39, 0.29) is 12.5 Å². The van der Waals surface area contributed by atoms with Crippen LogP contribution >= 0.6 is 11.8 Å². The van der Waals surface area contributed by atoms with Crippen LogP contribution in [0.4, 0.5) is 16.2 Å². The van der Waals surface area contributed by atoms with E-state index in [4.69, 9.17) is 4.74 Å². The van der Waals surface area contributed by atoms with Crippen molar-refractivity contribution in [3.63, 3.8) is 0 Å². The van der Waals surface area contributed by atoms with Crippen molar-refractivity contribution in [1.29, 1.82) is 0 Å². The van der Waals surface area contributed by atoms with E-state index in [0.717, 1.165) is 73.0 Å². The Balaban J connectivity index is 1.17. The van der Waals surface area contributed by atoms with Crippen LogP contribution in [0.5, 0.6) is 0 Å². The average molecular weight is 493 g/mol. The second-order valence-electron chi connectivity index (χ2n) is 8.66. The Morgan fingerprint density at radius 3 is 2.14 bits per heavy atom. The van der Waals surface area contributed by atoms with E-state index in [1.165, 1.54) is 0 Å². The van der Waals surface area contributed by atoms with Crippen molar-refractivity contribution in [1.82, 2.24) is 9.80 Å². The van der Waals surface area contributed by atoms with Crippen LogP contribution in [0.25, 0.3) is 6.08 Å². The molecule has 35 heavy (non-hydrogen) atoms.